The molecule has 3 aromatic heterocycles. The fourth-order valence-electron chi connectivity index (χ4n) is 2.70. The van der Waals surface area contributed by atoms with E-state index in [0.717, 1.165) is 23.5 Å². The fourth-order valence-corrected chi connectivity index (χ4v) is 2.70. The highest BCUT2D eigenvalue weighted by atomic mass is 16.3. The lowest BCUT2D eigenvalue weighted by molar-refractivity contribution is 0.248. The summed E-state index contributed by atoms with van der Waals surface area (Å²) in [6, 6.07) is 13.4. The Morgan fingerprint density at radius 1 is 0.964 bits per heavy atom. The molecule has 1 atom stereocenters. The van der Waals surface area contributed by atoms with E-state index in [1.165, 1.54) is 0 Å². The molecule has 0 radical (unpaired) electrons. The molecule has 0 aliphatic carbocycles. The van der Waals surface area contributed by atoms with Gasteiger partial charge in [0.25, 0.3) is 0 Å². The van der Waals surface area contributed by atoms with Crippen LogP contribution in [0, 0.1) is 5.92 Å². The van der Waals surface area contributed by atoms with Gasteiger partial charge in [0.15, 0.2) is 0 Å². The standard InChI is InChI=1S/C21H26N6O/c1-15(2)19(14-28)26-21-25-18(17-8-4-6-11-23-17)13-20(27-21)24-12-9-16-7-3-5-10-22-16/h3-8,10-11,13,15,19,28H,9,12,14H2,1-2H3,(H2,24,25,26,27)/t19-/m1/s1. The largest absolute Gasteiger partial charge is 0.394 e. The summed E-state index contributed by atoms with van der Waals surface area (Å²) in [5.74, 6) is 1.42. The van der Waals surface area contributed by atoms with Gasteiger partial charge in [-0.25, -0.2) is 4.98 Å². The van der Waals surface area contributed by atoms with Crippen molar-refractivity contribution in [3.05, 3.63) is 60.6 Å². The summed E-state index contributed by atoms with van der Waals surface area (Å²) in [5, 5.41) is 16.2. The summed E-state index contributed by atoms with van der Waals surface area (Å²) < 4.78 is 0. The van der Waals surface area contributed by atoms with Crippen molar-refractivity contribution in [2.75, 3.05) is 23.8 Å². The van der Waals surface area contributed by atoms with Crippen LogP contribution >= 0.6 is 0 Å². The zero-order chi connectivity index (χ0) is 19.8. The Morgan fingerprint density at radius 2 is 1.75 bits per heavy atom. The molecule has 7 nitrogen and oxygen atoms in total. The van der Waals surface area contributed by atoms with Crippen molar-refractivity contribution >= 4 is 11.8 Å². The molecular formula is C21H26N6O. The van der Waals surface area contributed by atoms with Crippen molar-refractivity contribution in [1.82, 2.24) is 19.9 Å². The maximum absolute atomic E-state index is 9.63. The molecule has 0 bridgehead atoms. The van der Waals surface area contributed by atoms with Crippen LogP contribution in [0.2, 0.25) is 0 Å². The molecule has 7 heteroatoms. The average molecular weight is 378 g/mol. The maximum Gasteiger partial charge on any atom is 0.225 e. The SMILES string of the molecule is CC(C)[C@@H](CO)Nc1nc(NCCc2ccccn2)cc(-c2ccccn2)n1. The Hall–Kier alpha value is -3.06. The number of nitrogens with zero attached hydrogens (tertiary/aromatic N) is 4. The maximum atomic E-state index is 9.63. The third-order valence-electron chi connectivity index (χ3n) is 4.38. The van der Waals surface area contributed by atoms with E-state index in [4.69, 9.17) is 0 Å². The Balaban J connectivity index is 1.80. The van der Waals surface area contributed by atoms with Crippen LogP contribution < -0.4 is 10.6 Å². The first kappa shape index (κ1) is 19.7. The predicted molar refractivity (Wildman–Crippen MR) is 111 cm³/mol. The van der Waals surface area contributed by atoms with Crippen LogP contribution in [-0.4, -0.2) is 44.2 Å². The normalized spacial score (nSPS) is 12.0. The van der Waals surface area contributed by atoms with Gasteiger partial charge in [-0.1, -0.05) is 26.0 Å². The first-order valence-electron chi connectivity index (χ1n) is 9.47. The summed E-state index contributed by atoms with van der Waals surface area (Å²) in [7, 11) is 0. The van der Waals surface area contributed by atoms with Crippen LogP contribution in [0.1, 0.15) is 19.5 Å². The van der Waals surface area contributed by atoms with Crippen molar-refractivity contribution in [1.29, 1.82) is 0 Å². The lowest BCUT2D eigenvalue weighted by atomic mass is 10.1. The van der Waals surface area contributed by atoms with Crippen LogP contribution in [-0.2, 0) is 6.42 Å². The predicted octanol–water partition coefficient (Wildman–Crippen LogP) is 3.02. The van der Waals surface area contributed by atoms with Crippen molar-refractivity contribution in [3.63, 3.8) is 0 Å². The summed E-state index contributed by atoms with van der Waals surface area (Å²) >= 11 is 0. The minimum Gasteiger partial charge on any atom is -0.394 e. The van der Waals surface area contributed by atoms with E-state index in [9.17, 15) is 5.11 Å². The molecule has 146 valence electrons. The van der Waals surface area contributed by atoms with Crippen LogP contribution in [0.25, 0.3) is 11.4 Å². The van der Waals surface area contributed by atoms with E-state index in [-0.39, 0.29) is 18.6 Å². The van der Waals surface area contributed by atoms with Gasteiger partial charge >= 0.3 is 0 Å². The summed E-state index contributed by atoms with van der Waals surface area (Å²) in [4.78, 5) is 17.9. The first-order valence-corrected chi connectivity index (χ1v) is 9.47. The second kappa shape index (κ2) is 9.75. The summed E-state index contributed by atoms with van der Waals surface area (Å²) in [6.07, 6.45) is 4.32. The van der Waals surface area contributed by atoms with Crippen LogP contribution in [0.15, 0.2) is 54.9 Å². The molecular weight excluding hydrogens is 352 g/mol. The lowest BCUT2D eigenvalue weighted by Gasteiger charge is -2.20. The summed E-state index contributed by atoms with van der Waals surface area (Å²) in [5.41, 5.74) is 2.51. The third kappa shape index (κ3) is 5.47. The van der Waals surface area contributed by atoms with Gasteiger partial charge in [-0.15, -0.1) is 0 Å². The zero-order valence-corrected chi connectivity index (χ0v) is 16.2. The minimum absolute atomic E-state index is 0.0112. The van der Waals surface area contributed by atoms with Crippen LogP contribution in [0.5, 0.6) is 0 Å². The molecule has 0 aliphatic heterocycles. The van der Waals surface area contributed by atoms with Crippen molar-refractivity contribution in [3.8, 4) is 11.4 Å². The number of nitrogens with one attached hydrogen (secondary N) is 2. The molecule has 0 aromatic carbocycles. The Kier molecular flexibility index (Phi) is 6.86. The molecule has 0 amide bonds. The number of aromatic nitrogens is 4. The van der Waals surface area contributed by atoms with Gasteiger partial charge in [0.05, 0.1) is 24.0 Å². The molecule has 0 fully saturated rings. The Bertz CT molecular complexity index is 857. The molecule has 28 heavy (non-hydrogen) atoms. The fraction of sp³-hybridized carbons (Fsp3) is 0.333. The van der Waals surface area contributed by atoms with Gasteiger partial charge in [-0.2, -0.15) is 4.98 Å². The monoisotopic (exact) mass is 378 g/mol. The minimum atomic E-state index is -0.125. The molecule has 0 spiro atoms. The van der Waals surface area contributed by atoms with E-state index in [1.807, 2.05) is 56.3 Å². The van der Waals surface area contributed by atoms with E-state index < -0.39 is 0 Å². The van der Waals surface area contributed by atoms with Gasteiger partial charge in [-0.05, 0) is 30.2 Å². The van der Waals surface area contributed by atoms with E-state index in [1.54, 1.807) is 12.4 Å². The number of hydrogen-bond donors (Lipinski definition) is 3. The van der Waals surface area contributed by atoms with E-state index in [0.29, 0.717) is 18.3 Å². The van der Waals surface area contributed by atoms with Crippen LogP contribution in [0.4, 0.5) is 11.8 Å². The highest BCUT2D eigenvalue weighted by Gasteiger charge is 2.15. The highest BCUT2D eigenvalue weighted by Crippen LogP contribution is 2.20. The Labute approximate surface area is 165 Å². The molecule has 0 saturated heterocycles. The van der Waals surface area contributed by atoms with Gasteiger partial charge < -0.3 is 15.7 Å². The lowest BCUT2D eigenvalue weighted by Crippen LogP contribution is -2.30. The number of anilines is 2. The molecule has 3 rings (SSSR count). The van der Waals surface area contributed by atoms with Crippen molar-refractivity contribution < 1.29 is 5.11 Å². The molecule has 3 aromatic rings. The van der Waals surface area contributed by atoms with Crippen molar-refractivity contribution in [2.24, 2.45) is 5.92 Å². The number of rotatable bonds is 9. The molecule has 3 heterocycles. The molecule has 0 aliphatic rings. The van der Waals surface area contributed by atoms with E-state index in [2.05, 4.69) is 30.6 Å². The second-order valence-corrected chi connectivity index (χ2v) is 6.85. The van der Waals surface area contributed by atoms with Crippen molar-refractivity contribution in [2.45, 2.75) is 26.3 Å². The highest BCUT2D eigenvalue weighted by molar-refractivity contribution is 5.61. The first-order chi connectivity index (χ1) is 13.7. The van der Waals surface area contributed by atoms with Gasteiger partial charge in [0, 0.05) is 37.1 Å². The molecule has 3 N–H and O–H groups in total. The number of pyridine rings is 2. The smallest absolute Gasteiger partial charge is 0.225 e. The van der Waals surface area contributed by atoms with Gasteiger partial charge in [-0.3, -0.25) is 9.97 Å². The van der Waals surface area contributed by atoms with Gasteiger partial charge in [0.2, 0.25) is 5.95 Å². The quantitative estimate of drug-likeness (QED) is 0.527. The third-order valence-corrected chi connectivity index (χ3v) is 4.38. The van der Waals surface area contributed by atoms with Gasteiger partial charge in [0.1, 0.15) is 5.82 Å². The average Bonchev–Trinajstić information content (AvgIpc) is 2.73. The second-order valence-electron chi connectivity index (χ2n) is 6.85. The molecule has 0 saturated carbocycles. The van der Waals surface area contributed by atoms with Crippen LogP contribution in [0.3, 0.4) is 0 Å². The number of aliphatic hydroxyl groups excluding tert-OH is 1. The molecule has 0 unspecified atom stereocenters. The van der Waals surface area contributed by atoms with E-state index >= 15 is 0 Å². The summed E-state index contributed by atoms with van der Waals surface area (Å²) in [6.45, 7) is 4.80. The number of hydrogen-bond acceptors (Lipinski definition) is 7. The zero-order valence-electron chi connectivity index (χ0n) is 16.2. The Morgan fingerprint density at radius 3 is 2.39 bits per heavy atom. The topological polar surface area (TPSA) is 95.8 Å². The number of aliphatic hydroxyl groups is 1.